The first-order valence-electron chi connectivity index (χ1n) is 7.64. The molecule has 2 saturated carbocycles. The molecule has 0 aromatic heterocycles. The second-order valence-electron chi connectivity index (χ2n) is 6.19. The van der Waals surface area contributed by atoms with Crippen LogP contribution in [0.5, 0.6) is 0 Å². The van der Waals surface area contributed by atoms with Crippen LogP contribution in [0.1, 0.15) is 38.2 Å². The monoisotopic (exact) mass is 243 g/mol. The lowest BCUT2D eigenvalue weighted by Gasteiger charge is -2.31. The van der Waals surface area contributed by atoms with Crippen LogP contribution in [0.15, 0.2) is 30.3 Å². The number of benzene rings is 1. The summed E-state index contributed by atoms with van der Waals surface area (Å²) in [6.07, 6.45) is 7.20. The molecule has 0 aliphatic heterocycles. The highest BCUT2D eigenvalue weighted by atomic mass is 14.9. The van der Waals surface area contributed by atoms with Gasteiger partial charge in [0.05, 0.1) is 0 Å². The molecule has 98 valence electrons. The molecule has 0 spiro atoms. The average molecular weight is 243 g/mol. The van der Waals surface area contributed by atoms with E-state index in [2.05, 4.69) is 42.6 Å². The summed E-state index contributed by atoms with van der Waals surface area (Å²) in [6, 6.07) is 11.7. The fourth-order valence-corrected chi connectivity index (χ4v) is 4.29. The summed E-state index contributed by atoms with van der Waals surface area (Å²) in [5, 5.41) is 3.76. The zero-order valence-electron chi connectivity index (χ0n) is 11.4. The molecule has 1 heteroatoms. The van der Waals surface area contributed by atoms with Crippen LogP contribution in [0.25, 0.3) is 0 Å². The lowest BCUT2D eigenvalue weighted by Crippen LogP contribution is -2.40. The van der Waals surface area contributed by atoms with Gasteiger partial charge in [-0.1, -0.05) is 43.7 Å². The third kappa shape index (κ3) is 2.47. The van der Waals surface area contributed by atoms with Gasteiger partial charge >= 0.3 is 0 Å². The van der Waals surface area contributed by atoms with Gasteiger partial charge in [0.2, 0.25) is 0 Å². The van der Waals surface area contributed by atoms with Crippen LogP contribution in [0.4, 0.5) is 0 Å². The van der Waals surface area contributed by atoms with Crippen molar-refractivity contribution < 1.29 is 0 Å². The Kier molecular flexibility index (Phi) is 3.69. The van der Waals surface area contributed by atoms with Crippen LogP contribution in [-0.2, 0) is 6.42 Å². The second-order valence-corrected chi connectivity index (χ2v) is 6.19. The van der Waals surface area contributed by atoms with Crippen molar-refractivity contribution >= 4 is 0 Å². The minimum Gasteiger partial charge on any atom is -0.314 e. The Morgan fingerprint density at radius 1 is 1.17 bits per heavy atom. The van der Waals surface area contributed by atoms with Gasteiger partial charge in [-0.15, -0.1) is 0 Å². The summed E-state index contributed by atoms with van der Waals surface area (Å²) in [7, 11) is 0. The molecular weight excluding hydrogens is 218 g/mol. The van der Waals surface area contributed by atoms with Crippen molar-refractivity contribution in [3.8, 4) is 0 Å². The minimum atomic E-state index is 0.702. The van der Waals surface area contributed by atoms with Crippen molar-refractivity contribution in [3.63, 3.8) is 0 Å². The predicted molar refractivity (Wildman–Crippen MR) is 76.5 cm³/mol. The molecule has 1 aromatic carbocycles. The normalized spacial score (nSPS) is 31.7. The van der Waals surface area contributed by atoms with Crippen molar-refractivity contribution in [3.05, 3.63) is 35.9 Å². The zero-order chi connectivity index (χ0) is 12.4. The van der Waals surface area contributed by atoms with Gasteiger partial charge in [-0.2, -0.15) is 0 Å². The number of fused-ring (bicyclic) bond motifs is 2. The number of hydrogen-bond donors (Lipinski definition) is 1. The Balaban J connectivity index is 1.68. The first-order valence-corrected chi connectivity index (χ1v) is 7.64. The molecule has 3 rings (SSSR count). The van der Waals surface area contributed by atoms with E-state index < -0.39 is 0 Å². The number of nitrogens with one attached hydrogen (secondary N) is 1. The molecule has 1 aromatic rings. The molecule has 1 N–H and O–H groups in total. The van der Waals surface area contributed by atoms with Crippen LogP contribution in [0, 0.1) is 17.8 Å². The van der Waals surface area contributed by atoms with E-state index in [0.717, 1.165) is 24.3 Å². The second kappa shape index (κ2) is 5.44. The lowest BCUT2D eigenvalue weighted by molar-refractivity contribution is 0.249. The molecule has 4 atom stereocenters. The topological polar surface area (TPSA) is 12.0 Å². The van der Waals surface area contributed by atoms with Crippen molar-refractivity contribution in [1.29, 1.82) is 0 Å². The zero-order valence-corrected chi connectivity index (χ0v) is 11.4. The Morgan fingerprint density at radius 2 is 2.00 bits per heavy atom. The van der Waals surface area contributed by atoms with Gasteiger partial charge in [0, 0.05) is 6.04 Å². The molecule has 18 heavy (non-hydrogen) atoms. The summed E-state index contributed by atoms with van der Waals surface area (Å²) in [5.74, 6) is 3.00. The molecular formula is C17H25N. The molecule has 2 bridgehead atoms. The van der Waals surface area contributed by atoms with E-state index in [1.165, 1.54) is 37.7 Å². The maximum atomic E-state index is 3.76. The van der Waals surface area contributed by atoms with E-state index in [9.17, 15) is 0 Å². The van der Waals surface area contributed by atoms with Crippen LogP contribution < -0.4 is 5.32 Å². The standard InChI is InChI=1S/C17H25N/c1-2-18-17(12-13-6-4-3-5-7-13)16-11-14-8-9-15(16)10-14/h3-7,14-18H,2,8-12H2,1H3. The summed E-state index contributed by atoms with van der Waals surface area (Å²) in [4.78, 5) is 0. The fraction of sp³-hybridized carbons (Fsp3) is 0.647. The van der Waals surface area contributed by atoms with Gasteiger partial charge in [0.15, 0.2) is 0 Å². The molecule has 0 heterocycles. The van der Waals surface area contributed by atoms with Crippen LogP contribution in [-0.4, -0.2) is 12.6 Å². The summed E-state index contributed by atoms with van der Waals surface area (Å²) < 4.78 is 0. The Labute approximate surface area is 111 Å². The Morgan fingerprint density at radius 3 is 2.61 bits per heavy atom. The molecule has 0 amide bonds. The van der Waals surface area contributed by atoms with Gasteiger partial charge in [-0.05, 0) is 55.5 Å². The third-order valence-corrected chi connectivity index (χ3v) is 5.07. The number of rotatable bonds is 5. The quantitative estimate of drug-likeness (QED) is 0.832. The molecule has 4 unspecified atom stereocenters. The van der Waals surface area contributed by atoms with E-state index in [-0.39, 0.29) is 0 Å². The van der Waals surface area contributed by atoms with E-state index in [0.29, 0.717) is 6.04 Å². The minimum absolute atomic E-state index is 0.702. The van der Waals surface area contributed by atoms with Gasteiger partial charge in [-0.25, -0.2) is 0 Å². The summed E-state index contributed by atoms with van der Waals surface area (Å²) in [6.45, 7) is 3.34. The highest BCUT2D eigenvalue weighted by Gasteiger charge is 2.42. The molecule has 0 saturated heterocycles. The average Bonchev–Trinajstić information content (AvgIpc) is 3.02. The summed E-state index contributed by atoms with van der Waals surface area (Å²) >= 11 is 0. The van der Waals surface area contributed by atoms with Gasteiger partial charge in [0.1, 0.15) is 0 Å². The number of likely N-dealkylation sites (N-methyl/N-ethyl adjacent to an activating group) is 1. The molecule has 2 fully saturated rings. The maximum Gasteiger partial charge on any atom is 0.0138 e. The Bertz CT molecular complexity index is 372. The van der Waals surface area contributed by atoms with Gasteiger partial charge in [-0.3, -0.25) is 0 Å². The largest absolute Gasteiger partial charge is 0.314 e. The van der Waals surface area contributed by atoms with Crippen LogP contribution >= 0.6 is 0 Å². The Hall–Kier alpha value is -0.820. The number of hydrogen-bond acceptors (Lipinski definition) is 1. The van der Waals surface area contributed by atoms with Crippen LogP contribution in [0.3, 0.4) is 0 Å². The first kappa shape index (κ1) is 12.2. The summed E-state index contributed by atoms with van der Waals surface area (Å²) in [5.41, 5.74) is 1.49. The van der Waals surface area contributed by atoms with Crippen molar-refractivity contribution in [2.45, 2.75) is 45.1 Å². The SMILES string of the molecule is CCNC(Cc1ccccc1)C1CC2CCC1C2. The molecule has 2 aliphatic carbocycles. The first-order chi connectivity index (χ1) is 8.86. The smallest absolute Gasteiger partial charge is 0.0138 e. The van der Waals surface area contributed by atoms with E-state index in [1.807, 2.05) is 0 Å². The van der Waals surface area contributed by atoms with E-state index in [4.69, 9.17) is 0 Å². The maximum absolute atomic E-state index is 3.76. The molecule has 1 nitrogen and oxygen atoms in total. The van der Waals surface area contributed by atoms with Crippen LogP contribution in [0.2, 0.25) is 0 Å². The van der Waals surface area contributed by atoms with Crippen molar-refractivity contribution in [1.82, 2.24) is 5.32 Å². The van der Waals surface area contributed by atoms with Crippen molar-refractivity contribution in [2.24, 2.45) is 17.8 Å². The predicted octanol–water partition coefficient (Wildman–Crippen LogP) is 3.64. The van der Waals surface area contributed by atoms with E-state index >= 15 is 0 Å². The van der Waals surface area contributed by atoms with Gasteiger partial charge < -0.3 is 5.32 Å². The van der Waals surface area contributed by atoms with Crippen molar-refractivity contribution in [2.75, 3.05) is 6.54 Å². The van der Waals surface area contributed by atoms with Gasteiger partial charge in [0.25, 0.3) is 0 Å². The van der Waals surface area contributed by atoms with E-state index in [1.54, 1.807) is 0 Å². The molecule has 0 radical (unpaired) electrons. The fourth-order valence-electron chi connectivity index (χ4n) is 4.29. The highest BCUT2D eigenvalue weighted by Crippen LogP contribution is 2.49. The molecule has 2 aliphatic rings. The third-order valence-electron chi connectivity index (χ3n) is 5.07. The lowest BCUT2D eigenvalue weighted by atomic mass is 9.81. The highest BCUT2D eigenvalue weighted by molar-refractivity contribution is 5.16.